The molecular weight excluding hydrogens is 282 g/mol. The molecular formula is C17H23NO4. The fraction of sp³-hybridized carbons (Fsp3) is 0.529. The van der Waals surface area contributed by atoms with Crippen molar-refractivity contribution < 1.29 is 19.4 Å². The van der Waals surface area contributed by atoms with Gasteiger partial charge in [0, 0.05) is 12.1 Å². The first-order valence-electron chi connectivity index (χ1n) is 7.35. The number of aromatic carboxylic acids is 1. The second kappa shape index (κ2) is 5.30. The largest absolute Gasteiger partial charge is 0.478 e. The molecule has 1 N–H and O–H groups in total. The van der Waals surface area contributed by atoms with Crippen LogP contribution in [0, 0.1) is 0 Å². The van der Waals surface area contributed by atoms with Crippen molar-refractivity contribution in [3.8, 4) is 0 Å². The van der Waals surface area contributed by atoms with E-state index in [9.17, 15) is 9.59 Å². The zero-order valence-electron chi connectivity index (χ0n) is 13.8. The first-order valence-corrected chi connectivity index (χ1v) is 7.35. The van der Waals surface area contributed by atoms with Crippen molar-refractivity contribution in [3.05, 3.63) is 34.9 Å². The first kappa shape index (κ1) is 16.3. The van der Waals surface area contributed by atoms with Gasteiger partial charge in [-0.1, -0.05) is 6.07 Å². The van der Waals surface area contributed by atoms with E-state index in [0.29, 0.717) is 13.0 Å². The van der Waals surface area contributed by atoms with Gasteiger partial charge in [0.05, 0.1) is 5.56 Å². The van der Waals surface area contributed by atoms with Gasteiger partial charge in [-0.15, -0.1) is 0 Å². The molecule has 1 heterocycles. The van der Waals surface area contributed by atoms with Crippen molar-refractivity contribution in [1.29, 1.82) is 0 Å². The Kier molecular flexibility index (Phi) is 3.94. The van der Waals surface area contributed by atoms with Crippen LogP contribution >= 0.6 is 0 Å². The summed E-state index contributed by atoms with van der Waals surface area (Å²) in [7, 11) is 0. The minimum atomic E-state index is -0.962. The maximum absolute atomic E-state index is 12.4. The first-order chi connectivity index (χ1) is 9.99. The van der Waals surface area contributed by atoms with Crippen LogP contribution in [0.4, 0.5) is 4.79 Å². The minimum Gasteiger partial charge on any atom is -0.478 e. The molecule has 0 saturated heterocycles. The number of carboxylic acid groups (broad SMARTS) is 1. The van der Waals surface area contributed by atoms with Crippen LogP contribution in [0.2, 0.25) is 0 Å². The molecule has 0 unspecified atom stereocenters. The molecule has 1 aliphatic rings. The van der Waals surface area contributed by atoms with E-state index in [1.165, 1.54) is 0 Å². The summed E-state index contributed by atoms with van der Waals surface area (Å²) in [6.45, 7) is 9.84. The smallest absolute Gasteiger partial charge is 0.411 e. The Morgan fingerprint density at radius 2 is 1.86 bits per heavy atom. The Morgan fingerprint density at radius 3 is 2.41 bits per heavy atom. The topological polar surface area (TPSA) is 66.8 Å². The molecule has 1 aliphatic heterocycles. The highest BCUT2D eigenvalue weighted by Crippen LogP contribution is 2.32. The van der Waals surface area contributed by atoms with E-state index in [0.717, 1.165) is 11.1 Å². The number of carboxylic acids is 1. The van der Waals surface area contributed by atoms with Gasteiger partial charge in [-0.3, -0.25) is 4.90 Å². The predicted molar refractivity (Wildman–Crippen MR) is 83.0 cm³/mol. The monoisotopic (exact) mass is 305 g/mol. The average Bonchev–Trinajstić information content (AvgIpc) is 2.33. The number of hydrogen-bond acceptors (Lipinski definition) is 3. The van der Waals surface area contributed by atoms with Crippen molar-refractivity contribution in [2.75, 3.05) is 0 Å². The zero-order valence-corrected chi connectivity index (χ0v) is 13.8. The van der Waals surface area contributed by atoms with E-state index in [-0.39, 0.29) is 17.2 Å². The third-order valence-electron chi connectivity index (χ3n) is 3.75. The molecule has 2 rings (SSSR count). The number of rotatable bonds is 1. The summed E-state index contributed by atoms with van der Waals surface area (Å²) in [6, 6.07) is 5.09. The van der Waals surface area contributed by atoms with Crippen LogP contribution < -0.4 is 0 Å². The van der Waals surface area contributed by atoms with Gasteiger partial charge in [0.1, 0.15) is 5.60 Å². The Labute approximate surface area is 130 Å². The molecule has 0 saturated carbocycles. The van der Waals surface area contributed by atoms with Gasteiger partial charge in [0.25, 0.3) is 0 Å². The van der Waals surface area contributed by atoms with Crippen molar-refractivity contribution in [3.63, 3.8) is 0 Å². The Balaban J connectivity index is 2.33. The lowest BCUT2D eigenvalue weighted by atomic mass is 9.85. The van der Waals surface area contributed by atoms with Gasteiger partial charge in [0.15, 0.2) is 0 Å². The summed E-state index contributed by atoms with van der Waals surface area (Å²) in [5.41, 5.74) is 1.25. The molecule has 120 valence electrons. The van der Waals surface area contributed by atoms with E-state index in [1.54, 1.807) is 17.0 Å². The molecule has 1 aromatic rings. The molecule has 0 fully saturated rings. The van der Waals surface area contributed by atoms with E-state index in [1.807, 2.05) is 40.7 Å². The molecule has 0 bridgehead atoms. The van der Waals surface area contributed by atoms with Crippen LogP contribution in [-0.4, -0.2) is 33.2 Å². The lowest BCUT2D eigenvalue weighted by Crippen LogP contribution is -2.52. The van der Waals surface area contributed by atoms with Crippen LogP contribution in [0.1, 0.15) is 56.1 Å². The number of hydrogen-bond donors (Lipinski definition) is 1. The quantitative estimate of drug-likeness (QED) is 0.863. The predicted octanol–water partition coefficient (Wildman–Crippen LogP) is 3.46. The van der Waals surface area contributed by atoms with Crippen molar-refractivity contribution >= 4 is 12.1 Å². The summed E-state index contributed by atoms with van der Waals surface area (Å²) in [5, 5.41) is 9.11. The van der Waals surface area contributed by atoms with E-state index < -0.39 is 11.6 Å². The highest BCUT2D eigenvalue weighted by Gasteiger charge is 2.38. The Morgan fingerprint density at radius 1 is 1.23 bits per heavy atom. The van der Waals surface area contributed by atoms with Gasteiger partial charge >= 0.3 is 12.1 Å². The molecule has 5 nitrogen and oxygen atoms in total. The number of ether oxygens (including phenoxy) is 1. The van der Waals surface area contributed by atoms with Crippen molar-refractivity contribution in [2.24, 2.45) is 0 Å². The van der Waals surface area contributed by atoms with Crippen LogP contribution in [0.3, 0.4) is 0 Å². The number of nitrogens with zero attached hydrogens (tertiary/aromatic N) is 1. The number of amides is 1. The molecule has 0 aromatic heterocycles. The molecule has 0 radical (unpaired) electrons. The lowest BCUT2D eigenvalue weighted by molar-refractivity contribution is -0.00253. The lowest BCUT2D eigenvalue weighted by Gasteiger charge is -2.43. The van der Waals surface area contributed by atoms with Crippen LogP contribution in [-0.2, 0) is 17.7 Å². The van der Waals surface area contributed by atoms with Gasteiger partial charge < -0.3 is 9.84 Å². The van der Waals surface area contributed by atoms with Gasteiger partial charge in [-0.05, 0) is 64.3 Å². The highest BCUT2D eigenvalue weighted by atomic mass is 16.6. The summed E-state index contributed by atoms with van der Waals surface area (Å²) in [5.74, 6) is -0.962. The maximum atomic E-state index is 12.4. The van der Waals surface area contributed by atoms with E-state index in [2.05, 4.69) is 0 Å². The summed E-state index contributed by atoms with van der Waals surface area (Å²) in [6.07, 6.45) is 0.297. The van der Waals surface area contributed by atoms with Crippen LogP contribution in [0.15, 0.2) is 18.2 Å². The van der Waals surface area contributed by atoms with E-state index in [4.69, 9.17) is 9.84 Å². The van der Waals surface area contributed by atoms with Gasteiger partial charge in [-0.2, -0.15) is 0 Å². The minimum absolute atomic E-state index is 0.239. The third-order valence-corrected chi connectivity index (χ3v) is 3.75. The fourth-order valence-electron chi connectivity index (χ4n) is 2.65. The number of carbonyl (C=O) groups is 2. The van der Waals surface area contributed by atoms with Crippen LogP contribution in [0.5, 0.6) is 0 Å². The maximum Gasteiger partial charge on any atom is 0.411 e. The second-order valence-corrected chi connectivity index (χ2v) is 7.34. The third kappa shape index (κ3) is 3.40. The molecule has 0 aliphatic carbocycles. The number of benzene rings is 1. The standard InChI is InChI=1S/C17H23NO4/c1-16(2,3)22-15(21)18-10-13-8-11(14(19)20)6-7-12(13)9-17(18,4)5/h6-8H,9-10H2,1-5H3,(H,19,20). The summed E-state index contributed by atoms with van der Waals surface area (Å²) >= 11 is 0. The SMILES string of the molecule is CC(C)(C)OC(=O)N1Cc2cc(C(=O)O)ccc2CC1(C)C. The molecule has 0 atom stereocenters. The van der Waals surface area contributed by atoms with Gasteiger partial charge in [0.2, 0.25) is 0 Å². The normalized spacial score (nSPS) is 16.9. The molecule has 1 amide bonds. The fourth-order valence-corrected chi connectivity index (χ4v) is 2.65. The number of fused-ring (bicyclic) bond motifs is 1. The van der Waals surface area contributed by atoms with Crippen molar-refractivity contribution in [1.82, 2.24) is 4.90 Å². The summed E-state index contributed by atoms with van der Waals surface area (Å²) < 4.78 is 5.48. The molecule has 5 heteroatoms. The van der Waals surface area contributed by atoms with Gasteiger partial charge in [-0.25, -0.2) is 9.59 Å². The van der Waals surface area contributed by atoms with Crippen molar-refractivity contribution in [2.45, 2.75) is 58.7 Å². The Hall–Kier alpha value is -2.04. The summed E-state index contributed by atoms with van der Waals surface area (Å²) in [4.78, 5) is 25.2. The van der Waals surface area contributed by atoms with E-state index >= 15 is 0 Å². The van der Waals surface area contributed by atoms with Crippen LogP contribution in [0.25, 0.3) is 0 Å². The highest BCUT2D eigenvalue weighted by molar-refractivity contribution is 5.88. The average molecular weight is 305 g/mol. The second-order valence-electron chi connectivity index (χ2n) is 7.34. The zero-order chi connectivity index (χ0) is 16.7. The molecule has 1 aromatic carbocycles. The Bertz CT molecular complexity index is 614. The molecule has 0 spiro atoms. The number of carbonyl (C=O) groups excluding carboxylic acids is 1. The molecule has 22 heavy (non-hydrogen) atoms.